The lowest BCUT2D eigenvalue weighted by molar-refractivity contribution is 0.0696. The van der Waals surface area contributed by atoms with E-state index in [4.69, 9.17) is 5.73 Å². The zero-order valence-electron chi connectivity index (χ0n) is 12.5. The predicted molar refractivity (Wildman–Crippen MR) is 93.5 cm³/mol. The first-order chi connectivity index (χ1) is 11.6. The van der Waals surface area contributed by atoms with E-state index < -0.39 is 16.8 Å². The van der Waals surface area contributed by atoms with E-state index in [0.29, 0.717) is 19.7 Å². The highest BCUT2D eigenvalue weighted by molar-refractivity contribution is 7.87. The van der Waals surface area contributed by atoms with E-state index in [-0.39, 0.29) is 12.1 Å². The molecule has 0 aliphatic heterocycles. The van der Waals surface area contributed by atoms with Crippen LogP contribution >= 0.6 is 11.3 Å². The number of carboxylic acid groups (broad SMARTS) is 1. The van der Waals surface area contributed by atoms with E-state index >= 15 is 0 Å². The Morgan fingerprint density at radius 2 is 1.92 bits per heavy atom. The molecule has 1 unspecified atom stereocenters. The van der Waals surface area contributed by atoms with Gasteiger partial charge in [-0.3, -0.25) is 0 Å². The normalized spacial score (nSPS) is 12.0. The quantitative estimate of drug-likeness (QED) is 0.731. The lowest BCUT2D eigenvalue weighted by Gasteiger charge is -2.07. The van der Waals surface area contributed by atoms with Crippen LogP contribution in [-0.2, 0) is 17.3 Å². The van der Waals surface area contributed by atoms with Gasteiger partial charge in [0.25, 0.3) is 0 Å². The third-order valence-corrected chi connectivity index (χ3v) is 6.02. The molecule has 0 aliphatic carbocycles. The van der Waals surface area contributed by atoms with Crippen LogP contribution in [0, 0.1) is 0 Å². The van der Waals surface area contributed by atoms with Crippen molar-refractivity contribution in [3.8, 4) is 11.1 Å². The molecule has 122 valence electrons. The summed E-state index contributed by atoms with van der Waals surface area (Å²) in [7, 11) is -1.50. The van der Waals surface area contributed by atoms with Gasteiger partial charge in [-0.05, 0) is 29.3 Å². The van der Waals surface area contributed by atoms with Crippen LogP contribution in [0.3, 0.4) is 0 Å². The van der Waals surface area contributed by atoms with Crippen LogP contribution in [0.15, 0.2) is 63.8 Å². The van der Waals surface area contributed by atoms with Crippen LogP contribution in [0.25, 0.3) is 11.1 Å². The summed E-state index contributed by atoms with van der Waals surface area (Å²) in [6.45, 7) is 0.284. The average Bonchev–Trinajstić information content (AvgIpc) is 3.10. The maximum atomic E-state index is 12.8. The fraction of sp³-hybridized carbons (Fsp3) is 0.0588. The fourth-order valence-corrected chi connectivity index (χ4v) is 4.47. The topological polar surface area (TPSA) is 93.3 Å². The van der Waals surface area contributed by atoms with Gasteiger partial charge in [0.2, 0.25) is 0 Å². The maximum Gasteiger partial charge on any atom is 0.335 e. The summed E-state index contributed by atoms with van der Waals surface area (Å²) >= 11 is 1.27. The highest BCUT2D eigenvalue weighted by Gasteiger charge is 2.16. The van der Waals surface area contributed by atoms with Gasteiger partial charge in [-0.2, -0.15) is 0 Å². The van der Waals surface area contributed by atoms with Crippen LogP contribution in [0.4, 0.5) is 0 Å². The second kappa shape index (κ2) is 7.04. The van der Waals surface area contributed by atoms with Gasteiger partial charge in [-0.1, -0.05) is 30.3 Å². The molecule has 3 N–H and O–H groups in total. The van der Waals surface area contributed by atoms with Crippen LogP contribution in [0.5, 0.6) is 0 Å². The number of hydrogen-bond donors (Lipinski definition) is 2. The van der Waals surface area contributed by atoms with Crippen molar-refractivity contribution in [2.75, 3.05) is 0 Å². The Morgan fingerprint density at radius 1 is 1.17 bits per heavy atom. The van der Waals surface area contributed by atoms with Crippen molar-refractivity contribution in [1.82, 2.24) is 4.98 Å². The number of aromatic carboxylic acids is 1. The van der Waals surface area contributed by atoms with Crippen LogP contribution in [0.1, 0.15) is 15.4 Å². The van der Waals surface area contributed by atoms with Crippen LogP contribution < -0.4 is 5.73 Å². The van der Waals surface area contributed by atoms with Gasteiger partial charge in [-0.25, -0.2) is 14.0 Å². The minimum Gasteiger partial charge on any atom is -0.478 e. The predicted octanol–water partition coefficient (Wildman–Crippen LogP) is 3.13. The van der Waals surface area contributed by atoms with Crippen molar-refractivity contribution >= 4 is 28.1 Å². The molecule has 3 rings (SSSR count). The molecule has 1 heterocycles. The third-order valence-electron chi connectivity index (χ3n) is 3.36. The first-order valence-electron chi connectivity index (χ1n) is 7.09. The van der Waals surface area contributed by atoms with Crippen LogP contribution in [-0.4, -0.2) is 20.3 Å². The summed E-state index contributed by atoms with van der Waals surface area (Å²) in [5.41, 5.74) is 7.21. The zero-order chi connectivity index (χ0) is 17.1. The van der Waals surface area contributed by atoms with E-state index in [0.717, 1.165) is 5.56 Å². The Bertz CT molecular complexity index is 907. The maximum absolute atomic E-state index is 12.8. The van der Waals surface area contributed by atoms with E-state index in [1.165, 1.54) is 23.6 Å². The lowest BCUT2D eigenvalue weighted by Crippen LogP contribution is -2.00. The number of carbonyl (C=O) groups is 1. The van der Waals surface area contributed by atoms with Gasteiger partial charge < -0.3 is 10.8 Å². The summed E-state index contributed by atoms with van der Waals surface area (Å²) in [6, 6.07) is 14.2. The monoisotopic (exact) mass is 358 g/mol. The number of nitrogens with two attached hydrogens (primary N) is 1. The number of carboxylic acids is 1. The van der Waals surface area contributed by atoms with Crippen LogP contribution in [0.2, 0.25) is 0 Å². The molecule has 0 spiro atoms. The number of thiazole rings is 1. The molecule has 7 heteroatoms. The SMILES string of the molecule is NCc1ncc(S(=O)c2cc(C(=O)O)cc(-c3ccccc3)c2)s1. The molecule has 0 radical (unpaired) electrons. The number of aromatic nitrogens is 1. The molecule has 1 atom stereocenters. The molecule has 0 saturated heterocycles. The summed E-state index contributed by atoms with van der Waals surface area (Å²) < 4.78 is 13.3. The first-order valence-corrected chi connectivity index (χ1v) is 9.05. The minimum absolute atomic E-state index is 0.100. The van der Waals surface area contributed by atoms with Gasteiger partial charge in [-0.15, -0.1) is 11.3 Å². The fourth-order valence-electron chi connectivity index (χ4n) is 2.22. The highest BCUT2D eigenvalue weighted by Crippen LogP contribution is 2.28. The van der Waals surface area contributed by atoms with Crippen molar-refractivity contribution in [2.45, 2.75) is 15.6 Å². The van der Waals surface area contributed by atoms with Crippen molar-refractivity contribution in [2.24, 2.45) is 5.73 Å². The summed E-state index contributed by atoms with van der Waals surface area (Å²) in [4.78, 5) is 16.0. The first kappa shape index (κ1) is 16.5. The molecule has 0 bridgehead atoms. The Kier molecular flexibility index (Phi) is 4.84. The number of nitrogens with zero attached hydrogens (tertiary/aromatic N) is 1. The molecular formula is C17H14N2O3S2. The van der Waals surface area contributed by atoms with Gasteiger partial charge in [0.15, 0.2) is 0 Å². The van der Waals surface area contributed by atoms with Crippen molar-refractivity contribution < 1.29 is 14.1 Å². The van der Waals surface area contributed by atoms with Crippen molar-refractivity contribution in [1.29, 1.82) is 0 Å². The Hall–Kier alpha value is -2.35. The van der Waals surface area contributed by atoms with Gasteiger partial charge in [0.1, 0.15) is 9.22 Å². The molecule has 3 aromatic rings. The summed E-state index contributed by atoms with van der Waals surface area (Å²) in [6.07, 6.45) is 1.53. The summed E-state index contributed by atoms with van der Waals surface area (Å²) in [5.74, 6) is -1.06. The highest BCUT2D eigenvalue weighted by atomic mass is 32.2. The second-order valence-corrected chi connectivity index (χ2v) is 7.79. The molecule has 0 amide bonds. The summed E-state index contributed by atoms with van der Waals surface area (Å²) in [5, 5.41) is 10.0. The smallest absolute Gasteiger partial charge is 0.335 e. The molecule has 1 aromatic heterocycles. The standard InChI is InChI=1S/C17H14N2O3S2/c18-9-15-19-10-16(23-15)24(22)14-7-12(6-13(8-14)17(20)21)11-4-2-1-3-5-11/h1-8,10H,9,18H2,(H,20,21). The lowest BCUT2D eigenvalue weighted by atomic mass is 10.0. The molecular weight excluding hydrogens is 344 g/mol. The Morgan fingerprint density at radius 3 is 2.54 bits per heavy atom. The molecule has 24 heavy (non-hydrogen) atoms. The van der Waals surface area contributed by atoms with Crippen molar-refractivity contribution in [3.63, 3.8) is 0 Å². The van der Waals surface area contributed by atoms with E-state index in [1.54, 1.807) is 12.1 Å². The van der Waals surface area contributed by atoms with Crippen molar-refractivity contribution in [3.05, 3.63) is 65.3 Å². The molecule has 5 nitrogen and oxygen atoms in total. The van der Waals surface area contributed by atoms with E-state index in [1.807, 2.05) is 30.3 Å². The second-order valence-electron chi connectivity index (χ2n) is 4.96. The zero-order valence-corrected chi connectivity index (χ0v) is 14.1. The van der Waals surface area contributed by atoms with Gasteiger partial charge >= 0.3 is 5.97 Å². The van der Waals surface area contributed by atoms with Gasteiger partial charge in [0, 0.05) is 11.4 Å². The Balaban J connectivity index is 2.08. The molecule has 0 saturated carbocycles. The Labute approximate surface area is 145 Å². The van der Waals surface area contributed by atoms with Gasteiger partial charge in [0.05, 0.1) is 22.6 Å². The largest absolute Gasteiger partial charge is 0.478 e. The molecule has 2 aromatic carbocycles. The number of rotatable bonds is 5. The minimum atomic E-state index is -1.50. The molecule has 0 aliphatic rings. The van der Waals surface area contributed by atoms with E-state index in [9.17, 15) is 14.1 Å². The average molecular weight is 358 g/mol. The number of benzene rings is 2. The number of hydrogen-bond acceptors (Lipinski definition) is 5. The third kappa shape index (κ3) is 3.43. The van der Waals surface area contributed by atoms with E-state index in [2.05, 4.69) is 4.98 Å². The molecule has 0 fully saturated rings.